The maximum atomic E-state index is 14.2. The summed E-state index contributed by atoms with van der Waals surface area (Å²) in [5.41, 5.74) is 5.36. The minimum atomic E-state index is -1.79. The standard InChI is InChI=1S/C44H44F3N9O5/c1-53-36-17-24(6-11-34(36)56(44(53)61)35-12-13-37(57)51-43(35)60)3-2-15-54-16-14-32-28(22-54)21-48-41(50-32)26-7-8-27-23-55(52-33(27)18-26)29-9-4-25(5-10-29)20-49-42(59)30-19-31(45)40(58)39(47)38(30)46/h6-8,11,17-19,21,23,25,29,35,58H,2-5,9-10,12-16,20,22H2,1H3,(H,49,59)(H,51,57,60). The predicted octanol–water partition coefficient (Wildman–Crippen LogP) is 5.40. The molecule has 14 nitrogen and oxygen atoms in total. The molecule has 3 N–H and O–H groups in total. The maximum Gasteiger partial charge on any atom is 0.329 e. The van der Waals surface area contributed by atoms with Crippen LogP contribution < -0.4 is 16.3 Å². The van der Waals surface area contributed by atoms with Gasteiger partial charge in [0.2, 0.25) is 17.6 Å². The fourth-order valence-electron chi connectivity index (χ4n) is 9.06. The van der Waals surface area contributed by atoms with Gasteiger partial charge in [-0.25, -0.2) is 23.5 Å². The summed E-state index contributed by atoms with van der Waals surface area (Å²) in [6.45, 7) is 2.75. The number of nitrogens with zero attached hydrogens (tertiary/aromatic N) is 7. The van der Waals surface area contributed by atoms with Gasteiger partial charge in [0.25, 0.3) is 5.91 Å². The molecule has 9 rings (SSSR count). The highest BCUT2D eigenvalue weighted by Gasteiger charge is 2.32. The van der Waals surface area contributed by atoms with Crippen molar-refractivity contribution in [1.29, 1.82) is 0 Å². The number of aromatic hydroxyl groups is 1. The Morgan fingerprint density at radius 3 is 2.59 bits per heavy atom. The third kappa shape index (κ3) is 7.77. The molecule has 1 saturated heterocycles. The molecule has 61 heavy (non-hydrogen) atoms. The SMILES string of the molecule is Cn1c(=O)n(C2CCC(=O)NC2=O)c2ccc(CCCN3CCc4nc(-c5ccc6cn(C7CCC(CNC(=O)c8cc(F)c(O)c(F)c8F)CC7)nc6c5)ncc4C3)cc21. The number of imidazole rings is 1. The van der Waals surface area contributed by atoms with Crippen molar-refractivity contribution in [3.05, 3.63) is 105 Å². The van der Waals surface area contributed by atoms with Gasteiger partial charge in [-0.2, -0.15) is 9.49 Å². The van der Waals surface area contributed by atoms with Gasteiger partial charge in [0.15, 0.2) is 23.2 Å². The summed E-state index contributed by atoms with van der Waals surface area (Å²) in [6.07, 6.45) is 10.2. The van der Waals surface area contributed by atoms with E-state index in [2.05, 4.69) is 15.5 Å². The van der Waals surface area contributed by atoms with Crippen molar-refractivity contribution in [3.8, 4) is 17.1 Å². The molecule has 2 aliphatic heterocycles. The predicted molar refractivity (Wildman–Crippen MR) is 218 cm³/mol. The summed E-state index contributed by atoms with van der Waals surface area (Å²) in [5, 5.41) is 20.1. The number of nitrogens with one attached hydrogen (secondary N) is 2. The highest BCUT2D eigenvalue weighted by atomic mass is 19.2. The first kappa shape index (κ1) is 40.1. The summed E-state index contributed by atoms with van der Waals surface area (Å²) in [6, 6.07) is 11.9. The van der Waals surface area contributed by atoms with Crippen molar-refractivity contribution in [2.45, 2.75) is 76.4 Å². The third-order valence-electron chi connectivity index (χ3n) is 12.5. The van der Waals surface area contributed by atoms with Crippen molar-refractivity contribution in [2.24, 2.45) is 13.0 Å². The molecule has 1 aliphatic carbocycles. The molecule has 17 heteroatoms. The molecule has 3 aliphatic rings. The fourth-order valence-corrected chi connectivity index (χ4v) is 9.06. The number of fused-ring (bicyclic) bond motifs is 3. The Balaban J connectivity index is 0.776. The molecule has 0 spiro atoms. The zero-order valence-electron chi connectivity index (χ0n) is 33.5. The number of rotatable bonds is 10. The van der Waals surface area contributed by atoms with Gasteiger partial charge in [0.1, 0.15) is 6.04 Å². The van der Waals surface area contributed by atoms with E-state index >= 15 is 0 Å². The van der Waals surface area contributed by atoms with Crippen molar-refractivity contribution < 1.29 is 32.7 Å². The van der Waals surface area contributed by atoms with Crippen LogP contribution in [-0.2, 0) is 36.0 Å². The number of piperidine rings is 1. The monoisotopic (exact) mass is 835 g/mol. The van der Waals surface area contributed by atoms with Gasteiger partial charge in [0.05, 0.1) is 33.8 Å². The molecule has 2 fully saturated rings. The average molecular weight is 836 g/mol. The molecule has 0 radical (unpaired) electrons. The van der Waals surface area contributed by atoms with Crippen molar-refractivity contribution in [2.75, 3.05) is 19.6 Å². The van der Waals surface area contributed by atoms with Crippen LogP contribution in [0.4, 0.5) is 13.2 Å². The number of halogens is 3. The molecule has 3 aromatic carbocycles. The van der Waals surface area contributed by atoms with Crippen molar-refractivity contribution >= 4 is 39.7 Å². The average Bonchev–Trinajstić information content (AvgIpc) is 3.80. The molecule has 0 bridgehead atoms. The van der Waals surface area contributed by atoms with Gasteiger partial charge >= 0.3 is 5.69 Å². The van der Waals surface area contributed by atoms with Crippen LogP contribution >= 0.6 is 0 Å². The van der Waals surface area contributed by atoms with E-state index < -0.39 is 46.6 Å². The molecule has 316 valence electrons. The lowest BCUT2D eigenvalue weighted by atomic mass is 9.86. The Labute approximate surface area is 347 Å². The van der Waals surface area contributed by atoms with Gasteiger partial charge in [-0.05, 0) is 87.2 Å². The van der Waals surface area contributed by atoms with Gasteiger partial charge in [-0.1, -0.05) is 18.2 Å². The number of hydrogen-bond acceptors (Lipinski definition) is 9. The summed E-state index contributed by atoms with van der Waals surface area (Å²) in [4.78, 5) is 62.0. The summed E-state index contributed by atoms with van der Waals surface area (Å²) >= 11 is 0. The van der Waals surface area contributed by atoms with E-state index in [1.807, 2.05) is 53.5 Å². The fraction of sp³-hybridized carbons (Fsp3) is 0.386. The molecular weight excluding hydrogens is 792 g/mol. The second-order valence-electron chi connectivity index (χ2n) is 16.4. The number of carbonyl (C=O) groups excluding carboxylic acids is 3. The van der Waals surface area contributed by atoms with Crippen LogP contribution in [0, 0.1) is 23.4 Å². The number of hydrogen-bond donors (Lipinski definition) is 3. The molecular formula is C44H44F3N9O5. The quantitative estimate of drug-likeness (QED) is 0.121. The number of carbonyl (C=O) groups is 3. The second kappa shape index (κ2) is 16.2. The summed E-state index contributed by atoms with van der Waals surface area (Å²) < 4.78 is 46.7. The molecule has 1 atom stereocenters. The molecule has 3 aromatic heterocycles. The largest absolute Gasteiger partial charge is 0.503 e. The van der Waals surface area contributed by atoms with Gasteiger partial charge < -0.3 is 10.4 Å². The molecule has 5 heterocycles. The minimum absolute atomic E-state index is 0.106. The smallest absolute Gasteiger partial charge is 0.329 e. The van der Waals surface area contributed by atoms with Gasteiger partial charge in [-0.3, -0.25) is 38.4 Å². The molecule has 1 saturated carbocycles. The highest BCUT2D eigenvalue weighted by Crippen LogP contribution is 2.34. The number of imide groups is 1. The van der Waals surface area contributed by atoms with E-state index in [-0.39, 0.29) is 36.5 Å². The zero-order valence-corrected chi connectivity index (χ0v) is 33.5. The van der Waals surface area contributed by atoms with Crippen LogP contribution in [0.2, 0.25) is 0 Å². The first-order chi connectivity index (χ1) is 29.4. The van der Waals surface area contributed by atoms with E-state index in [4.69, 9.17) is 15.1 Å². The van der Waals surface area contributed by atoms with Crippen molar-refractivity contribution in [3.63, 3.8) is 0 Å². The van der Waals surface area contributed by atoms with Crippen LogP contribution in [-0.4, -0.2) is 76.2 Å². The Hall–Kier alpha value is -6.36. The van der Waals surface area contributed by atoms with Crippen LogP contribution in [0.5, 0.6) is 5.75 Å². The van der Waals surface area contributed by atoms with Crippen LogP contribution in [0.25, 0.3) is 33.3 Å². The van der Waals surface area contributed by atoms with Crippen LogP contribution in [0.3, 0.4) is 0 Å². The number of benzene rings is 3. The Morgan fingerprint density at radius 2 is 1.79 bits per heavy atom. The third-order valence-corrected chi connectivity index (χ3v) is 12.5. The lowest BCUT2D eigenvalue weighted by Gasteiger charge is -2.28. The number of aryl methyl sites for hydroxylation is 2. The second-order valence-corrected chi connectivity index (χ2v) is 16.4. The lowest BCUT2D eigenvalue weighted by molar-refractivity contribution is -0.135. The van der Waals surface area contributed by atoms with E-state index in [0.717, 1.165) is 103 Å². The van der Waals surface area contributed by atoms with Crippen LogP contribution in [0.1, 0.15) is 84.2 Å². The zero-order chi connectivity index (χ0) is 42.5. The van der Waals surface area contributed by atoms with Crippen LogP contribution in [0.15, 0.2) is 59.7 Å². The number of aromatic nitrogens is 6. The minimum Gasteiger partial charge on any atom is -0.503 e. The normalized spacial score (nSPS) is 19.6. The summed E-state index contributed by atoms with van der Waals surface area (Å²) in [7, 11) is 1.71. The van der Waals surface area contributed by atoms with E-state index in [1.54, 1.807) is 11.6 Å². The number of phenols is 1. The summed E-state index contributed by atoms with van der Waals surface area (Å²) in [5.74, 6) is -7.16. The van der Waals surface area contributed by atoms with Gasteiger partial charge in [0, 0.05) is 68.4 Å². The first-order valence-corrected chi connectivity index (χ1v) is 20.7. The molecule has 6 aromatic rings. The van der Waals surface area contributed by atoms with E-state index in [0.29, 0.717) is 23.8 Å². The van der Waals surface area contributed by atoms with E-state index in [1.165, 1.54) is 4.57 Å². The topological polar surface area (TPSA) is 169 Å². The Kier molecular flexibility index (Phi) is 10.7. The Bertz CT molecular complexity index is 2790. The lowest BCUT2D eigenvalue weighted by Crippen LogP contribution is -2.44. The molecule has 1 unspecified atom stereocenters. The maximum absolute atomic E-state index is 14.2. The van der Waals surface area contributed by atoms with Crippen molar-refractivity contribution in [1.82, 2.24) is 44.4 Å². The van der Waals surface area contributed by atoms with E-state index in [9.17, 15) is 37.5 Å². The first-order valence-electron chi connectivity index (χ1n) is 20.7. The highest BCUT2D eigenvalue weighted by molar-refractivity contribution is 6.00. The number of amides is 3. The molecule has 3 amide bonds. The van der Waals surface area contributed by atoms with Gasteiger partial charge in [-0.15, -0.1) is 0 Å². The Morgan fingerprint density at radius 1 is 0.967 bits per heavy atom. The number of phenolic OH excluding ortho intramolecular Hbond substituents is 1.